The van der Waals surface area contributed by atoms with E-state index < -0.39 is 10.8 Å². The molecule has 0 bridgehead atoms. The van der Waals surface area contributed by atoms with E-state index in [2.05, 4.69) is 10.5 Å². The molecular formula is C17H12N4O3. The van der Waals surface area contributed by atoms with Gasteiger partial charge in [0.25, 0.3) is 11.6 Å². The number of non-ortho nitro benzene ring substituents is 1. The van der Waals surface area contributed by atoms with Crippen molar-refractivity contribution >= 4 is 23.9 Å². The monoisotopic (exact) mass is 320 g/mol. The predicted molar refractivity (Wildman–Crippen MR) is 88.9 cm³/mol. The second-order valence-electron chi connectivity index (χ2n) is 4.63. The van der Waals surface area contributed by atoms with Gasteiger partial charge in [0, 0.05) is 12.1 Å². The highest BCUT2D eigenvalue weighted by atomic mass is 16.6. The van der Waals surface area contributed by atoms with Crippen molar-refractivity contribution in [2.45, 2.75) is 0 Å². The van der Waals surface area contributed by atoms with Gasteiger partial charge in [-0.2, -0.15) is 10.4 Å². The molecule has 0 saturated carbocycles. The highest BCUT2D eigenvalue weighted by molar-refractivity contribution is 6.02. The fourth-order valence-corrected chi connectivity index (χ4v) is 1.81. The van der Waals surface area contributed by atoms with Crippen LogP contribution in [0.2, 0.25) is 0 Å². The highest BCUT2D eigenvalue weighted by Gasteiger charge is 2.10. The number of hydrogen-bond acceptors (Lipinski definition) is 5. The molecule has 0 aliphatic carbocycles. The maximum atomic E-state index is 11.9. The first-order valence-electron chi connectivity index (χ1n) is 6.85. The molecule has 0 aliphatic heterocycles. The number of hydrogen-bond donors (Lipinski definition) is 1. The first-order valence-corrected chi connectivity index (χ1v) is 6.85. The molecule has 7 nitrogen and oxygen atoms in total. The molecule has 0 heterocycles. The molecule has 2 aromatic carbocycles. The number of rotatable bonds is 5. The Balaban J connectivity index is 2.11. The largest absolute Gasteiger partial charge is 0.282 e. The average Bonchev–Trinajstić information content (AvgIpc) is 2.60. The lowest BCUT2D eigenvalue weighted by Gasteiger charge is -1.99. The van der Waals surface area contributed by atoms with Gasteiger partial charge in [0.2, 0.25) is 0 Å². The summed E-state index contributed by atoms with van der Waals surface area (Å²) in [5, 5.41) is 23.6. The van der Waals surface area contributed by atoms with Gasteiger partial charge >= 0.3 is 0 Å². The van der Waals surface area contributed by atoms with Gasteiger partial charge in [0.1, 0.15) is 11.6 Å². The molecule has 0 fully saturated rings. The third-order valence-corrected chi connectivity index (χ3v) is 2.94. The summed E-state index contributed by atoms with van der Waals surface area (Å²) < 4.78 is 0. The van der Waals surface area contributed by atoms with Crippen LogP contribution in [0.4, 0.5) is 5.69 Å². The fraction of sp³-hybridized carbons (Fsp3) is 0. The van der Waals surface area contributed by atoms with E-state index in [0.29, 0.717) is 5.56 Å². The maximum absolute atomic E-state index is 11.9. The molecule has 0 radical (unpaired) electrons. The minimum Gasteiger partial charge on any atom is -0.267 e. The van der Waals surface area contributed by atoms with Crippen molar-refractivity contribution in [3.05, 3.63) is 81.4 Å². The predicted octanol–water partition coefficient (Wildman–Crippen LogP) is 2.65. The highest BCUT2D eigenvalue weighted by Crippen LogP contribution is 2.15. The molecular weight excluding hydrogens is 308 g/mol. The Hall–Kier alpha value is -3.79. The quantitative estimate of drug-likeness (QED) is 0.300. The van der Waals surface area contributed by atoms with E-state index in [0.717, 1.165) is 5.56 Å². The zero-order chi connectivity index (χ0) is 17.4. The summed E-state index contributed by atoms with van der Waals surface area (Å²) >= 11 is 0. The summed E-state index contributed by atoms with van der Waals surface area (Å²) in [7, 11) is 0. The smallest absolute Gasteiger partial charge is 0.267 e. The van der Waals surface area contributed by atoms with Crippen LogP contribution in [0.25, 0.3) is 6.08 Å². The molecule has 0 saturated heterocycles. The van der Waals surface area contributed by atoms with Gasteiger partial charge in [-0.1, -0.05) is 42.5 Å². The number of nitro benzene ring substituents is 1. The fourth-order valence-electron chi connectivity index (χ4n) is 1.81. The molecule has 7 heteroatoms. The van der Waals surface area contributed by atoms with Crippen molar-refractivity contribution < 1.29 is 9.72 Å². The first-order chi connectivity index (χ1) is 11.6. The standard InChI is InChI=1S/C17H12N4O3/c18-11-15(9-14-7-4-8-16(10-14)21(23)24)17(22)20-19-12-13-5-2-1-3-6-13/h1-10,12H,(H,20,22)/b15-9+,19-12+. The van der Waals surface area contributed by atoms with E-state index in [1.807, 2.05) is 18.2 Å². The number of carbonyl (C=O) groups excluding carboxylic acids is 1. The summed E-state index contributed by atoms with van der Waals surface area (Å²) in [6, 6.07) is 16.5. The Morgan fingerprint density at radius 1 is 1.17 bits per heavy atom. The van der Waals surface area contributed by atoms with Gasteiger partial charge in [-0.3, -0.25) is 14.9 Å². The van der Waals surface area contributed by atoms with Gasteiger partial charge in [-0.05, 0) is 17.2 Å². The lowest BCUT2D eigenvalue weighted by atomic mass is 10.1. The van der Waals surface area contributed by atoms with Gasteiger partial charge in [0.05, 0.1) is 11.1 Å². The zero-order valence-electron chi connectivity index (χ0n) is 12.4. The molecule has 1 amide bonds. The van der Waals surface area contributed by atoms with Crippen molar-refractivity contribution in [3.8, 4) is 6.07 Å². The summed E-state index contributed by atoms with van der Waals surface area (Å²) in [6.07, 6.45) is 2.71. The van der Waals surface area contributed by atoms with E-state index in [1.165, 1.54) is 30.5 Å². The molecule has 2 aromatic rings. The summed E-state index contributed by atoms with van der Waals surface area (Å²) in [4.78, 5) is 22.1. The van der Waals surface area contributed by atoms with Crippen LogP contribution < -0.4 is 5.43 Å². The average molecular weight is 320 g/mol. The van der Waals surface area contributed by atoms with Crippen LogP contribution in [0.5, 0.6) is 0 Å². The minimum atomic E-state index is -0.698. The number of nitriles is 1. The van der Waals surface area contributed by atoms with Gasteiger partial charge in [-0.15, -0.1) is 0 Å². The Labute approximate surface area is 137 Å². The normalized spacial score (nSPS) is 11.0. The van der Waals surface area contributed by atoms with Crippen LogP contribution in [-0.2, 0) is 4.79 Å². The molecule has 0 spiro atoms. The van der Waals surface area contributed by atoms with E-state index in [1.54, 1.807) is 24.3 Å². The molecule has 2 rings (SSSR count). The van der Waals surface area contributed by atoms with E-state index in [-0.39, 0.29) is 11.3 Å². The molecule has 0 aromatic heterocycles. The van der Waals surface area contributed by atoms with Crippen LogP contribution in [-0.4, -0.2) is 17.0 Å². The van der Waals surface area contributed by atoms with Gasteiger partial charge in [0.15, 0.2) is 0 Å². The summed E-state index contributed by atoms with van der Waals surface area (Å²) in [5.41, 5.74) is 3.08. The van der Waals surface area contributed by atoms with Crippen molar-refractivity contribution in [2.24, 2.45) is 5.10 Å². The topological polar surface area (TPSA) is 108 Å². The number of nitrogens with one attached hydrogen (secondary N) is 1. The Kier molecular flexibility index (Phi) is 5.53. The molecule has 24 heavy (non-hydrogen) atoms. The van der Waals surface area contributed by atoms with E-state index >= 15 is 0 Å². The van der Waals surface area contributed by atoms with Crippen molar-refractivity contribution in [1.29, 1.82) is 5.26 Å². The number of carbonyl (C=O) groups is 1. The number of nitrogens with zero attached hydrogens (tertiary/aromatic N) is 3. The Morgan fingerprint density at radius 3 is 2.54 bits per heavy atom. The SMILES string of the molecule is N#C/C(=C\c1cccc([N+](=O)[O-])c1)C(=O)N/N=C/c1ccccc1. The molecule has 0 atom stereocenters. The lowest BCUT2D eigenvalue weighted by molar-refractivity contribution is -0.384. The Morgan fingerprint density at radius 2 is 1.88 bits per heavy atom. The molecule has 0 unspecified atom stereocenters. The third kappa shape index (κ3) is 4.61. The molecule has 0 aliphatic rings. The van der Waals surface area contributed by atoms with Crippen molar-refractivity contribution in [1.82, 2.24) is 5.43 Å². The van der Waals surface area contributed by atoms with Crippen LogP contribution >= 0.6 is 0 Å². The third-order valence-electron chi connectivity index (χ3n) is 2.94. The number of benzene rings is 2. The number of hydrazone groups is 1. The Bertz CT molecular complexity index is 852. The molecule has 118 valence electrons. The summed E-state index contributed by atoms with van der Waals surface area (Å²) in [6.45, 7) is 0. The van der Waals surface area contributed by atoms with E-state index in [9.17, 15) is 14.9 Å². The summed E-state index contributed by atoms with van der Waals surface area (Å²) in [5.74, 6) is -0.698. The van der Waals surface area contributed by atoms with Crippen molar-refractivity contribution in [3.63, 3.8) is 0 Å². The lowest BCUT2D eigenvalue weighted by Crippen LogP contribution is -2.19. The van der Waals surface area contributed by atoms with Crippen LogP contribution in [0.15, 0.2) is 65.3 Å². The van der Waals surface area contributed by atoms with E-state index in [4.69, 9.17) is 5.26 Å². The van der Waals surface area contributed by atoms with Gasteiger partial charge < -0.3 is 0 Å². The second kappa shape index (κ2) is 8.00. The van der Waals surface area contributed by atoms with Crippen LogP contribution in [0, 0.1) is 21.4 Å². The zero-order valence-corrected chi connectivity index (χ0v) is 12.4. The number of nitro groups is 1. The molecule has 1 N–H and O–H groups in total. The van der Waals surface area contributed by atoms with Gasteiger partial charge in [-0.25, -0.2) is 5.43 Å². The first kappa shape index (κ1) is 16.6. The number of amides is 1. The van der Waals surface area contributed by atoms with Crippen LogP contribution in [0.3, 0.4) is 0 Å². The minimum absolute atomic E-state index is 0.122. The van der Waals surface area contributed by atoms with Crippen molar-refractivity contribution in [2.75, 3.05) is 0 Å². The maximum Gasteiger partial charge on any atom is 0.282 e. The second-order valence-corrected chi connectivity index (χ2v) is 4.63. The van der Waals surface area contributed by atoms with Crippen LogP contribution in [0.1, 0.15) is 11.1 Å².